The fourth-order valence-corrected chi connectivity index (χ4v) is 2.02. The molecule has 1 unspecified atom stereocenters. The minimum absolute atomic E-state index is 0.756. The first kappa shape index (κ1) is 12.0. The molecule has 2 nitrogen and oxygen atoms in total. The molecule has 0 spiro atoms. The summed E-state index contributed by atoms with van der Waals surface area (Å²) in [4.78, 5) is 2.54. The topological polar surface area (TPSA) is 15.3 Å². The van der Waals surface area contributed by atoms with Gasteiger partial charge in [0.05, 0.1) is 0 Å². The van der Waals surface area contributed by atoms with Gasteiger partial charge in [-0.15, -0.1) is 0 Å². The summed E-state index contributed by atoms with van der Waals surface area (Å²) >= 11 is 0. The first-order valence-corrected chi connectivity index (χ1v) is 6.25. The third-order valence-electron chi connectivity index (χ3n) is 3.24. The fraction of sp³-hybridized carbons (Fsp3) is 1.00. The van der Waals surface area contributed by atoms with E-state index < -0.39 is 0 Å². The van der Waals surface area contributed by atoms with Gasteiger partial charge in [-0.2, -0.15) is 0 Å². The molecular weight excluding hydrogens is 172 g/mol. The third kappa shape index (κ3) is 4.43. The number of nitrogens with one attached hydrogen (secondary N) is 1. The summed E-state index contributed by atoms with van der Waals surface area (Å²) in [5, 5.41) is 3.57. The van der Waals surface area contributed by atoms with Crippen LogP contribution in [0.5, 0.6) is 0 Å². The second-order valence-electron chi connectivity index (χ2n) is 4.44. The zero-order valence-electron chi connectivity index (χ0n) is 10.1. The van der Waals surface area contributed by atoms with Gasteiger partial charge < -0.3 is 10.2 Å². The van der Waals surface area contributed by atoms with E-state index in [1.165, 1.54) is 45.3 Å². The van der Waals surface area contributed by atoms with E-state index >= 15 is 0 Å². The van der Waals surface area contributed by atoms with E-state index in [4.69, 9.17) is 0 Å². The Labute approximate surface area is 89.1 Å². The average molecular weight is 198 g/mol. The zero-order chi connectivity index (χ0) is 10.4. The maximum absolute atomic E-state index is 3.57. The third-order valence-corrected chi connectivity index (χ3v) is 3.24. The van der Waals surface area contributed by atoms with Crippen LogP contribution in [0.1, 0.15) is 46.5 Å². The van der Waals surface area contributed by atoms with Crippen molar-refractivity contribution in [1.29, 1.82) is 0 Å². The largest absolute Gasteiger partial charge is 0.314 e. The maximum atomic E-state index is 3.57. The van der Waals surface area contributed by atoms with Crippen molar-refractivity contribution in [1.82, 2.24) is 10.2 Å². The van der Waals surface area contributed by atoms with Crippen LogP contribution in [0.2, 0.25) is 0 Å². The number of nitrogens with zero attached hydrogens (tertiary/aromatic N) is 1. The molecule has 0 aliphatic heterocycles. The lowest BCUT2D eigenvalue weighted by atomic mass is 10.1. The van der Waals surface area contributed by atoms with Crippen molar-refractivity contribution in [3.05, 3.63) is 0 Å². The van der Waals surface area contributed by atoms with E-state index in [1.807, 2.05) is 0 Å². The molecule has 0 bridgehead atoms. The molecule has 0 amide bonds. The molecule has 2 heteroatoms. The second kappa shape index (κ2) is 6.41. The summed E-state index contributed by atoms with van der Waals surface area (Å²) in [7, 11) is 0. The maximum Gasteiger partial charge on any atom is 0.00682 e. The van der Waals surface area contributed by atoms with E-state index in [1.54, 1.807) is 0 Å². The standard InChI is InChI=1S/C12H26N2/c1-4-14(5-2)11(3)7-6-10-13-12-8-9-12/h11-13H,4-10H2,1-3H3. The summed E-state index contributed by atoms with van der Waals surface area (Å²) < 4.78 is 0. The highest BCUT2D eigenvalue weighted by Crippen LogP contribution is 2.18. The Morgan fingerprint density at radius 3 is 2.43 bits per heavy atom. The summed E-state index contributed by atoms with van der Waals surface area (Å²) in [6.07, 6.45) is 5.48. The smallest absolute Gasteiger partial charge is 0.00682 e. The molecule has 0 aromatic heterocycles. The van der Waals surface area contributed by atoms with Crippen LogP contribution in [0.15, 0.2) is 0 Å². The molecule has 0 radical (unpaired) electrons. The number of hydrogen-bond donors (Lipinski definition) is 1. The molecule has 0 aromatic rings. The lowest BCUT2D eigenvalue weighted by Crippen LogP contribution is -2.33. The van der Waals surface area contributed by atoms with Gasteiger partial charge in [-0.1, -0.05) is 13.8 Å². The molecular formula is C12H26N2. The molecule has 84 valence electrons. The number of hydrogen-bond acceptors (Lipinski definition) is 2. The summed E-state index contributed by atoms with van der Waals surface area (Å²) in [5.41, 5.74) is 0. The molecule has 1 atom stereocenters. The van der Waals surface area contributed by atoms with Crippen molar-refractivity contribution in [3.8, 4) is 0 Å². The van der Waals surface area contributed by atoms with E-state index in [0.29, 0.717) is 0 Å². The first-order valence-electron chi connectivity index (χ1n) is 6.25. The Hall–Kier alpha value is -0.0800. The summed E-state index contributed by atoms with van der Waals surface area (Å²) in [6.45, 7) is 10.5. The molecule has 1 N–H and O–H groups in total. The van der Waals surface area contributed by atoms with Gasteiger partial charge >= 0.3 is 0 Å². The lowest BCUT2D eigenvalue weighted by Gasteiger charge is -2.26. The molecule has 1 fully saturated rings. The molecule has 14 heavy (non-hydrogen) atoms. The lowest BCUT2D eigenvalue weighted by molar-refractivity contribution is 0.218. The van der Waals surface area contributed by atoms with Crippen molar-refractivity contribution in [3.63, 3.8) is 0 Å². The van der Waals surface area contributed by atoms with Crippen LogP contribution in [0.3, 0.4) is 0 Å². The van der Waals surface area contributed by atoms with Crippen molar-refractivity contribution in [2.24, 2.45) is 0 Å². The monoisotopic (exact) mass is 198 g/mol. The van der Waals surface area contributed by atoms with Gasteiger partial charge in [0.2, 0.25) is 0 Å². The van der Waals surface area contributed by atoms with Gasteiger partial charge in [0.15, 0.2) is 0 Å². The molecule has 1 saturated carbocycles. The van der Waals surface area contributed by atoms with Crippen molar-refractivity contribution >= 4 is 0 Å². The summed E-state index contributed by atoms with van der Waals surface area (Å²) in [5.74, 6) is 0. The van der Waals surface area contributed by atoms with E-state index in [-0.39, 0.29) is 0 Å². The Kier molecular flexibility index (Phi) is 5.49. The van der Waals surface area contributed by atoms with E-state index in [0.717, 1.165) is 12.1 Å². The van der Waals surface area contributed by atoms with E-state index in [9.17, 15) is 0 Å². The van der Waals surface area contributed by atoms with Crippen molar-refractivity contribution in [2.45, 2.75) is 58.5 Å². The molecule has 0 heterocycles. The van der Waals surface area contributed by atoms with E-state index in [2.05, 4.69) is 31.0 Å². The van der Waals surface area contributed by atoms with Gasteiger partial charge in [-0.3, -0.25) is 0 Å². The molecule has 0 aromatic carbocycles. The Balaban J connectivity index is 1.97. The molecule has 1 rings (SSSR count). The van der Waals surface area contributed by atoms with Crippen molar-refractivity contribution < 1.29 is 0 Å². The normalized spacial score (nSPS) is 18.9. The highest BCUT2D eigenvalue weighted by atomic mass is 15.1. The Bertz CT molecular complexity index is 139. The van der Waals surface area contributed by atoms with Gasteiger partial charge in [0.1, 0.15) is 0 Å². The SMILES string of the molecule is CCN(CC)C(C)CCCNC1CC1. The van der Waals surface area contributed by atoms with Crippen LogP contribution < -0.4 is 5.32 Å². The minimum Gasteiger partial charge on any atom is -0.314 e. The quantitative estimate of drug-likeness (QED) is 0.602. The van der Waals surface area contributed by atoms with Crippen LogP contribution >= 0.6 is 0 Å². The molecule has 1 aliphatic rings. The molecule has 0 saturated heterocycles. The van der Waals surface area contributed by atoms with Crippen LogP contribution in [0.25, 0.3) is 0 Å². The number of rotatable bonds is 8. The van der Waals surface area contributed by atoms with Crippen LogP contribution in [0, 0.1) is 0 Å². The highest BCUT2D eigenvalue weighted by Gasteiger charge is 2.19. The van der Waals surface area contributed by atoms with Crippen LogP contribution in [0.4, 0.5) is 0 Å². The van der Waals surface area contributed by atoms with Crippen LogP contribution in [-0.2, 0) is 0 Å². The Morgan fingerprint density at radius 2 is 1.93 bits per heavy atom. The first-order chi connectivity index (χ1) is 6.77. The van der Waals surface area contributed by atoms with Gasteiger partial charge in [0, 0.05) is 12.1 Å². The highest BCUT2D eigenvalue weighted by molar-refractivity contribution is 4.80. The van der Waals surface area contributed by atoms with Gasteiger partial charge in [-0.05, 0) is 52.2 Å². The second-order valence-corrected chi connectivity index (χ2v) is 4.44. The van der Waals surface area contributed by atoms with Crippen molar-refractivity contribution in [2.75, 3.05) is 19.6 Å². The van der Waals surface area contributed by atoms with Gasteiger partial charge in [0.25, 0.3) is 0 Å². The minimum atomic E-state index is 0.756. The predicted molar refractivity (Wildman–Crippen MR) is 62.6 cm³/mol. The molecule has 1 aliphatic carbocycles. The predicted octanol–water partition coefficient (Wildman–Crippen LogP) is 2.25. The van der Waals surface area contributed by atoms with Crippen LogP contribution in [-0.4, -0.2) is 36.6 Å². The zero-order valence-corrected chi connectivity index (χ0v) is 10.1. The van der Waals surface area contributed by atoms with Gasteiger partial charge in [-0.25, -0.2) is 0 Å². The average Bonchev–Trinajstić information content (AvgIpc) is 2.98. The summed E-state index contributed by atoms with van der Waals surface area (Å²) in [6, 6.07) is 1.63. The fourth-order valence-electron chi connectivity index (χ4n) is 2.02. The Morgan fingerprint density at radius 1 is 1.29 bits per heavy atom.